The van der Waals surface area contributed by atoms with E-state index in [1.165, 1.54) is 38.9 Å². The van der Waals surface area contributed by atoms with Gasteiger partial charge in [-0.1, -0.05) is 27.7 Å². The van der Waals surface area contributed by atoms with E-state index in [9.17, 15) is 0 Å². The number of nitrogens with one attached hydrogen (secondary N) is 1. The SMILES string of the molecule is CCCNCC(C(C)C)N1CCCN(C)CC1CC. The van der Waals surface area contributed by atoms with Gasteiger partial charge in [0.2, 0.25) is 0 Å². The first-order chi connectivity index (χ1) is 9.10. The molecule has 0 spiro atoms. The van der Waals surface area contributed by atoms with Crippen LogP contribution in [0.15, 0.2) is 0 Å². The third kappa shape index (κ3) is 5.41. The second kappa shape index (κ2) is 8.93. The highest BCUT2D eigenvalue weighted by atomic mass is 15.3. The zero-order valence-corrected chi connectivity index (χ0v) is 13.8. The van der Waals surface area contributed by atoms with E-state index in [2.05, 4.69) is 49.9 Å². The molecule has 0 radical (unpaired) electrons. The Morgan fingerprint density at radius 1 is 1.21 bits per heavy atom. The predicted octanol–water partition coefficient (Wildman–Crippen LogP) is 2.43. The number of nitrogens with zero attached hydrogens (tertiary/aromatic N) is 2. The molecule has 0 aromatic rings. The maximum Gasteiger partial charge on any atom is 0.0247 e. The molecule has 114 valence electrons. The van der Waals surface area contributed by atoms with Gasteiger partial charge in [-0.25, -0.2) is 0 Å². The van der Waals surface area contributed by atoms with Crippen molar-refractivity contribution in [2.75, 3.05) is 39.8 Å². The van der Waals surface area contributed by atoms with Crippen LogP contribution in [-0.2, 0) is 0 Å². The second-order valence-electron chi connectivity index (χ2n) is 6.43. The van der Waals surface area contributed by atoms with Crippen LogP contribution in [0.5, 0.6) is 0 Å². The summed E-state index contributed by atoms with van der Waals surface area (Å²) < 4.78 is 0. The summed E-state index contributed by atoms with van der Waals surface area (Å²) in [6.45, 7) is 15.4. The lowest BCUT2D eigenvalue weighted by molar-refractivity contribution is 0.0969. The molecule has 1 saturated heterocycles. The third-order valence-corrected chi connectivity index (χ3v) is 4.39. The summed E-state index contributed by atoms with van der Waals surface area (Å²) in [5, 5.41) is 3.63. The summed E-state index contributed by atoms with van der Waals surface area (Å²) in [5.41, 5.74) is 0. The molecule has 1 aliphatic rings. The summed E-state index contributed by atoms with van der Waals surface area (Å²) in [4.78, 5) is 5.29. The maximum absolute atomic E-state index is 3.63. The van der Waals surface area contributed by atoms with Gasteiger partial charge in [-0.15, -0.1) is 0 Å². The van der Waals surface area contributed by atoms with Crippen molar-refractivity contribution >= 4 is 0 Å². The standard InChI is InChI=1S/C16H35N3/c1-6-9-17-12-16(14(3)4)19-11-8-10-18(5)13-15(19)7-2/h14-17H,6-13H2,1-5H3. The van der Waals surface area contributed by atoms with Gasteiger partial charge < -0.3 is 10.2 Å². The number of likely N-dealkylation sites (N-methyl/N-ethyl adjacent to an activating group) is 1. The molecular weight excluding hydrogens is 234 g/mol. The number of rotatable bonds is 7. The van der Waals surface area contributed by atoms with E-state index in [0.717, 1.165) is 25.0 Å². The van der Waals surface area contributed by atoms with Crippen molar-refractivity contribution in [2.24, 2.45) is 5.92 Å². The van der Waals surface area contributed by atoms with E-state index in [-0.39, 0.29) is 0 Å². The maximum atomic E-state index is 3.63. The van der Waals surface area contributed by atoms with Crippen molar-refractivity contribution in [3.8, 4) is 0 Å². The van der Waals surface area contributed by atoms with Gasteiger partial charge in [0.25, 0.3) is 0 Å². The minimum atomic E-state index is 0.683. The Labute approximate surface area is 120 Å². The quantitative estimate of drug-likeness (QED) is 0.716. The van der Waals surface area contributed by atoms with Gasteiger partial charge in [0, 0.05) is 31.7 Å². The lowest BCUT2D eigenvalue weighted by Crippen LogP contribution is -2.52. The van der Waals surface area contributed by atoms with E-state index < -0.39 is 0 Å². The van der Waals surface area contributed by atoms with Crippen molar-refractivity contribution in [3.05, 3.63) is 0 Å². The minimum Gasteiger partial charge on any atom is -0.315 e. The third-order valence-electron chi connectivity index (χ3n) is 4.39. The molecule has 2 atom stereocenters. The summed E-state index contributed by atoms with van der Waals surface area (Å²) >= 11 is 0. The molecule has 0 amide bonds. The van der Waals surface area contributed by atoms with Gasteiger partial charge in [-0.3, -0.25) is 4.90 Å². The summed E-state index contributed by atoms with van der Waals surface area (Å²) in [6.07, 6.45) is 3.80. The van der Waals surface area contributed by atoms with Gasteiger partial charge >= 0.3 is 0 Å². The van der Waals surface area contributed by atoms with Crippen LogP contribution in [0.3, 0.4) is 0 Å². The lowest BCUT2D eigenvalue weighted by Gasteiger charge is -2.39. The first kappa shape index (κ1) is 16.9. The van der Waals surface area contributed by atoms with Crippen LogP contribution < -0.4 is 5.32 Å². The van der Waals surface area contributed by atoms with E-state index in [1.54, 1.807) is 0 Å². The van der Waals surface area contributed by atoms with Gasteiger partial charge in [0.15, 0.2) is 0 Å². The van der Waals surface area contributed by atoms with Crippen LogP contribution in [0.25, 0.3) is 0 Å². The predicted molar refractivity (Wildman–Crippen MR) is 84.7 cm³/mol. The molecule has 0 aromatic carbocycles. The normalized spacial score (nSPS) is 24.6. The molecule has 0 aromatic heterocycles. The van der Waals surface area contributed by atoms with Crippen LogP contribution in [0.2, 0.25) is 0 Å². The minimum absolute atomic E-state index is 0.683. The van der Waals surface area contributed by atoms with Crippen LogP contribution in [0, 0.1) is 5.92 Å². The van der Waals surface area contributed by atoms with Crippen molar-refractivity contribution in [1.29, 1.82) is 0 Å². The van der Waals surface area contributed by atoms with Crippen molar-refractivity contribution in [2.45, 2.75) is 59.0 Å². The summed E-state index contributed by atoms with van der Waals surface area (Å²) in [5.74, 6) is 0.724. The van der Waals surface area contributed by atoms with Gasteiger partial charge in [0.05, 0.1) is 0 Å². The van der Waals surface area contributed by atoms with E-state index >= 15 is 0 Å². The Balaban J connectivity index is 2.67. The smallest absolute Gasteiger partial charge is 0.0247 e. The van der Waals surface area contributed by atoms with Crippen LogP contribution in [-0.4, -0.2) is 61.7 Å². The van der Waals surface area contributed by atoms with Crippen LogP contribution >= 0.6 is 0 Å². The highest BCUT2D eigenvalue weighted by Crippen LogP contribution is 2.19. The first-order valence-corrected chi connectivity index (χ1v) is 8.25. The van der Waals surface area contributed by atoms with E-state index in [1.807, 2.05) is 0 Å². The Hall–Kier alpha value is -0.120. The Morgan fingerprint density at radius 2 is 1.95 bits per heavy atom. The van der Waals surface area contributed by atoms with Crippen molar-refractivity contribution in [1.82, 2.24) is 15.1 Å². The fraction of sp³-hybridized carbons (Fsp3) is 1.00. The molecular formula is C16H35N3. The molecule has 1 heterocycles. The van der Waals surface area contributed by atoms with Gasteiger partial charge in [-0.2, -0.15) is 0 Å². The van der Waals surface area contributed by atoms with Crippen LogP contribution in [0.4, 0.5) is 0 Å². The monoisotopic (exact) mass is 269 g/mol. The topological polar surface area (TPSA) is 18.5 Å². The molecule has 0 aliphatic carbocycles. The molecule has 1 aliphatic heterocycles. The van der Waals surface area contributed by atoms with Crippen molar-refractivity contribution < 1.29 is 0 Å². The van der Waals surface area contributed by atoms with E-state index in [4.69, 9.17) is 0 Å². The molecule has 1 N–H and O–H groups in total. The van der Waals surface area contributed by atoms with Crippen LogP contribution in [0.1, 0.15) is 47.0 Å². The first-order valence-electron chi connectivity index (χ1n) is 8.25. The average molecular weight is 269 g/mol. The summed E-state index contributed by atoms with van der Waals surface area (Å²) in [6, 6.07) is 1.41. The number of hydrogen-bond acceptors (Lipinski definition) is 3. The highest BCUT2D eigenvalue weighted by molar-refractivity contribution is 4.86. The molecule has 19 heavy (non-hydrogen) atoms. The zero-order chi connectivity index (χ0) is 14.3. The fourth-order valence-electron chi connectivity index (χ4n) is 3.22. The Morgan fingerprint density at radius 3 is 2.53 bits per heavy atom. The molecule has 0 bridgehead atoms. The molecule has 0 saturated carbocycles. The van der Waals surface area contributed by atoms with Gasteiger partial charge in [-0.05, 0) is 45.3 Å². The molecule has 1 fully saturated rings. The molecule has 1 rings (SSSR count). The lowest BCUT2D eigenvalue weighted by atomic mass is 9.99. The fourth-order valence-corrected chi connectivity index (χ4v) is 3.22. The molecule has 3 nitrogen and oxygen atoms in total. The second-order valence-corrected chi connectivity index (χ2v) is 6.43. The van der Waals surface area contributed by atoms with Crippen molar-refractivity contribution in [3.63, 3.8) is 0 Å². The highest BCUT2D eigenvalue weighted by Gasteiger charge is 2.29. The zero-order valence-electron chi connectivity index (χ0n) is 13.8. The summed E-state index contributed by atoms with van der Waals surface area (Å²) in [7, 11) is 2.27. The Bertz CT molecular complexity index is 230. The molecule has 3 heteroatoms. The molecule has 2 unspecified atom stereocenters. The van der Waals surface area contributed by atoms with Gasteiger partial charge in [0.1, 0.15) is 0 Å². The Kier molecular flexibility index (Phi) is 7.96. The number of hydrogen-bond donors (Lipinski definition) is 1. The largest absolute Gasteiger partial charge is 0.315 e. The van der Waals surface area contributed by atoms with E-state index in [0.29, 0.717) is 6.04 Å². The average Bonchev–Trinajstić information content (AvgIpc) is 2.56.